The molecular formula is C20H22N6O3. The highest BCUT2D eigenvalue weighted by molar-refractivity contribution is 6.01. The standard InChI is InChI=1S/C20H22N6O3/c21-16(27)11-29-10-13-9-14-18(23-13)24-17(12-5-2-1-3-6-12)25-19(14)26-20(28)15-7-4-8-22-15/h1-3,5-6,9,15,22H,4,7-8,10-11H2,(H2,21,27)(H2,23,24,25,26,28)/t15-/m0/s1. The zero-order chi connectivity index (χ0) is 20.2. The summed E-state index contributed by atoms with van der Waals surface area (Å²) in [6.45, 7) is 0.822. The molecule has 1 atom stereocenters. The minimum absolute atomic E-state index is 0.116. The van der Waals surface area contributed by atoms with Crippen molar-refractivity contribution in [3.05, 3.63) is 42.1 Å². The van der Waals surface area contributed by atoms with E-state index in [4.69, 9.17) is 10.5 Å². The van der Waals surface area contributed by atoms with Crippen LogP contribution in [0.3, 0.4) is 0 Å². The fourth-order valence-electron chi connectivity index (χ4n) is 3.33. The SMILES string of the molecule is NC(=O)COCc1cc2c(NC(=O)[C@@H]3CCCN3)nc(-c3ccccc3)nc2[nH]1. The van der Waals surface area contributed by atoms with Gasteiger partial charge in [0.25, 0.3) is 0 Å². The molecule has 3 heterocycles. The Morgan fingerprint density at radius 2 is 2.07 bits per heavy atom. The summed E-state index contributed by atoms with van der Waals surface area (Å²) in [7, 11) is 0. The number of nitrogens with two attached hydrogens (primary N) is 1. The molecule has 0 unspecified atom stereocenters. The highest BCUT2D eigenvalue weighted by Crippen LogP contribution is 2.26. The molecule has 150 valence electrons. The van der Waals surface area contributed by atoms with Gasteiger partial charge >= 0.3 is 0 Å². The fourth-order valence-corrected chi connectivity index (χ4v) is 3.33. The smallest absolute Gasteiger partial charge is 0.243 e. The molecule has 0 spiro atoms. The largest absolute Gasteiger partial charge is 0.368 e. The van der Waals surface area contributed by atoms with Crippen molar-refractivity contribution in [3.8, 4) is 11.4 Å². The maximum Gasteiger partial charge on any atom is 0.243 e. The Bertz CT molecular complexity index is 1030. The number of hydrogen-bond acceptors (Lipinski definition) is 6. The molecule has 5 N–H and O–H groups in total. The number of amides is 2. The lowest BCUT2D eigenvalue weighted by Crippen LogP contribution is -2.35. The first-order valence-electron chi connectivity index (χ1n) is 9.45. The van der Waals surface area contributed by atoms with Crippen molar-refractivity contribution in [2.75, 3.05) is 18.5 Å². The summed E-state index contributed by atoms with van der Waals surface area (Å²) in [4.78, 5) is 35.9. The van der Waals surface area contributed by atoms with Crippen LogP contribution in [0.5, 0.6) is 0 Å². The molecule has 1 saturated heterocycles. The quantitative estimate of drug-likeness (QED) is 0.477. The molecule has 1 aliphatic rings. The van der Waals surface area contributed by atoms with Gasteiger partial charge in [-0.25, -0.2) is 9.97 Å². The minimum atomic E-state index is -0.538. The van der Waals surface area contributed by atoms with E-state index in [-0.39, 0.29) is 25.2 Å². The Morgan fingerprint density at radius 1 is 1.24 bits per heavy atom. The van der Waals surface area contributed by atoms with E-state index in [1.165, 1.54) is 0 Å². The lowest BCUT2D eigenvalue weighted by Gasteiger charge is -2.12. The molecule has 0 saturated carbocycles. The highest BCUT2D eigenvalue weighted by Gasteiger charge is 2.24. The predicted octanol–water partition coefficient (Wildman–Crippen LogP) is 1.32. The van der Waals surface area contributed by atoms with Gasteiger partial charge in [0.15, 0.2) is 5.82 Å². The van der Waals surface area contributed by atoms with Gasteiger partial charge in [-0.3, -0.25) is 9.59 Å². The summed E-state index contributed by atoms with van der Waals surface area (Å²) in [5.41, 5.74) is 7.22. The van der Waals surface area contributed by atoms with Crippen LogP contribution in [0.1, 0.15) is 18.5 Å². The maximum absolute atomic E-state index is 12.6. The van der Waals surface area contributed by atoms with E-state index < -0.39 is 5.91 Å². The average Bonchev–Trinajstić information content (AvgIpc) is 3.38. The van der Waals surface area contributed by atoms with Gasteiger partial charge in [0, 0.05) is 11.3 Å². The van der Waals surface area contributed by atoms with E-state index in [0.717, 1.165) is 24.9 Å². The molecule has 2 amide bonds. The van der Waals surface area contributed by atoms with Crippen LogP contribution in [0, 0.1) is 0 Å². The molecule has 1 aromatic carbocycles. The van der Waals surface area contributed by atoms with Crippen LogP contribution in [0.4, 0.5) is 5.82 Å². The number of rotatable bonds is 7. The van der Waals surface area contributed by atoms with Crippen molar-refractivity contribution in [2.24, 2.45) is 5.73 Å². The topological polar surface area (TPSA) is 135 Å². The predicted molar refractivity (Wildman–Crippen MR) is 108 cm³/mol. The zero-order valence-electron chi connectivity index (χ0n) is 15.8. The summed E-state index contributed by atoms with van der Waals surface area (Å²) in [6, 6.07) is 11.1. The number of anilines is 1. The van der Waals surface area contributed by atoms with Gasteiger partial charge in [-0.15, -0.1) is 0 Å². The van der Waals surface area contributed by atoms with E-state index in [9.17, 15) is 9.59 Å². The van der Waals surface area contributed by atoms with Crippen LogP contribution >= 0.6 is 0 Å². The third kappa shape index (κ3) is 4.41. The molecule has 2 aromatic heterocycles. The van der Waals surface area contributed by atoms with Crippen LogP contribution in [0.25, 0.3) is 22.4 Å². The number of hydrogen-bond donors (Lipinski definition) is 4. The van der Waals surface area contributed by atoms with Crippen LogP contribution in [-0.2, 0) is 20.9 Å². The number of nitrogens with one attached hydrogen (secondary N) is 3. The normalized spacial score (nSPS) is 16.2. The number of carbonyl (C=O) groups is 2. The first-order valence-corrected chi connectivity index (χ1v) is 9.45. The third-order valence-electron chi connectivity index (χ3n) is 4.70. The molecule has 9 nitrogen and oxygen atoms in total. The van der Waals surface area contributed by atoms with Crippen LogP contribution in [-0.4, -0.2) is 46.0 Å². The number of aromatic amines is 1. The van der Waals surface area contributed by atoms with Gasteiger partial charge in [-0.1, -0.05) is 30.3 Å². The molecule has 4 rings (SSSR count). The molecule has 9 heteroatoms. The monoisotopic (exact) mass is 394 g/mol. The van der Waals surface area contributed by atoms with Gasteiger partial charge in [-0.2, -0.15) is 0 Å². The number of H-pyrrole nitrogens is 1. The summed E-state index contributed by atoms with van der Waals surface area (Å²) < 4.78 is 5.28. The van der Waals surface area contributed by atoms with E-state index in [2.05, 4.69) is 25.6 Å². The Kier molecular flexibility index (Phi) is 5.50. The van der Waals surface area contributed by atoms with Crippen molar-refractivity contribution < 1.29 is 14.3 Å². The van der Waals surface area contributed by atoms with Crippen LogP contribution in [0.2, 0.25) is 0 Å². The van der Waals surface area contributed by atoms with Gasteiger partial charge in [0.2, 0.25) is 11.8 Å². The number of benzene rings is 1. The van der Waals surface area contributed by atoms with Crippen molar-refractivity contribution >= 4 is 28.7 Å². The lowest BCUT2D eigenvalue weighted by atomic mass is 10.2. The molecular weight excluding hydrogens is 372 g/mol. The number of ether oxygens (including phenoxy) is 1. The van der Waals surface area contributed by atoms with Gasteiger partial charge in [0.05, 0.1) is 18.0 Å². The molecule has 0 bridgehead atoms. The second-order valence-corrected chi connectivity index (χ2v) is 6.92. The Balaban J connectivity index is 1.68. The van der Waals surface area contributed by atoms with Crippen molar-refractivity contribution in [2.45, 2.75) is 25.5 Å². The Hall–Kier alpha value is -3.30. The molecule has 3 aromatic rings. The number of carbonyl (C=O) groups excluding carboxylic acids is 2. The second-order valence-electron chi connectivity index (χ2n) is 6.92. The van der Waals surface area contributed by atoms with Crippen LogP contribution < -0.4 is 16.4 Å². The third-order valence-corrected chi connectivity index (χ3v) is 4.70. The van der Waals surface area contributed by atoms with E-state index >= 15 is 0 Å². The second kappa shape index (κ2) is 8.38. The molecule has 29 heavy (non-hydrogen) atoms. The summed E-state index contributed by atoms with van der Waals surface area (Å²) in [5.74, 6) is 0.280. The van der Waals surface area contributed by atoms with Gasteiger partial charge < -0.3 is 26.1 Å². The Labute approximate surface area is 167 Å². The van der Waals surface area contributed by atoms with Crippen LogP contribution in [0.15, 0.2) is 36.4 Å². The van der Waals surface area contributed by atoms with Crippen molar-refractivity contribution in [1.29, 1.82) is 0 Å². The van der Waals surface area contributed by atoms with E-state index in [1.807, 2.05) is 36.4 Å². The number of aromatic nitrogens is 3. The van der Waals surface area contributed by atoms with Gasteiger partial charge in [-0.05, 0) is 25.5 Å². The highest BCUT2D eigenvalue weighted by atomic mass is 16.5. The number of fused-ring (bicyclic) bond motifs is 1. The molecule has 1 aliphatic heterocycles. The number of nitrogens with zero attached hydrogens (tertiary/aromatic N) is 2. The van der Waals surface area contributed by atoms with Crippen molar-refractivity contribution in [3.63, 3.8) is 0 Å². The molecule has 0 aliphatic carbocycles. The van der Waals surface area contributed by atoms with Crippen molar-refractivity contribution in [1.82, 2.24) is 20.3 Å². The summed E-state index contributed by atoms with van der Waals surface area (Å²) in [5, 5.41) is 6.80. The number of primary amides is 1. The fraction of sp³-hybridized carbons (Fsp3) is 0.300. The van der Waals surface area contributed by atoms with Gasteiger partial charge in [0.1, 0.15) is 18.1 Å². The first kappa shape index (κ1) is 19.0. The van der Waals surface area contributed by atoms with E-state index in [1.54, 1.807) is 0 Å². The van der Waals surface area contributed by atoms with E-state index in [0.29, 0.717) is 28.4 Å². The lowest BCUT2D eigenvalue weighted by molar-refractivity contribution is -0.123. The summed E-state index contributed by atoms with van der Waals surface area (Å²) in [6.07, 6.45) is 1.77. The maximum atomic E-state index is 12.6. The zero-order valence-corrected chi connectivity index (χ0v) is 15.8. The Morgan fingerprint density at radius 3 is 2.79 bits per heavy atom. The molecule has 1 fully saturated rings. The molecule has 0 radical (unpaired) electrons. The summed E-state index contributed by atoms with van der Waals surface area (Å²) >= 11 is 0. The average molecular weight is 394 g/mol. The minimum Gasteiger partial charge on any atom is -0.368 e. The first-order chi connectivity index (χ1) is 14.1.